The molecule has 0 aromatic carbocycles. The Morgan fingerprint density at radius 3 is 2.33 bits per heavy atom. The Balaban J connectivity index is 3.92. The predicted molar refractivity (Wildman–Crippen MR) is 35.0 cm³/mol. The van der Waals surface area contributed by atoms with E-state index in [2.05, 4.69) is 0 Å². The molecule has 0 aliphatic rings. The van der Waals surface area contributed by atoms with Crippen molar-refractivity contribution in [2.45, 2.75) is 13.8 Å². The first-order valence-electron chi connectivity index (χ1n) is 2.79. The van der Waals surface area contributed by atoms with Crippen LogP contribution in [0.15, 0.2) is 11.6 Å². The van der Waals surface area contributed by atoms with Crippen molar-refractivity contribution in [2.24, 2.45) is 5.92 Å². The van der Waals surface area contributed by atoms with Gasteiger partial charge in [0, 0.05) is 5.92 Å². The van der Waals surface area contributed by atoms with Crippen molar-refractivity contribution in [3.05, 3.63) is 11.6 Å². The molecule has 0 aliphatic heterocycles. The van der Waals surface area contributed by atoms with Crippen LogP contribution < -0.4 is 0 Å². The molecule has 0 aromatic rings. The lowest BCUT2D eigenvalue weighted by molar-refractivity contribution is -0.109. The molecule has 9 heavy (non-hydrogen) atoms. The quantitative estimate of drug-likeness (QED) is 0.417. The number of carbonyl (C=O) groups is 2. The molecule has 50 valence electrons. The van der Waals surface area contributed by atoms with Crippen LogP contribution in [0, 0.1) is 5.92 Å². The summed E-state index contributed by atoms with van der Waals surface area (Å²) in [5.74, 6) is -0.143. The zero-order valence-corrected chi connectivity index (χ0v) is 5.63. The number of hydrogen-bond donors (Lipinski definition) is 0. The van der Waals surface area contributed by atoms with E-state index in [1.807, 2.05) is 0 Å². The molecule has 0 aliphatic carbocycles. The lowest BCUT2D eigenvalue weighted by Crippen LogP contribution is -1.91. The van der Waals surface area contributed by atoms with Crippen LogP contribution in [0.1, 0.15) is 13.8 Å². The van der Waals surface area contributed by atoms with Gasteiger partial charge in [-0.2, -0.15) is 0 Å². The van der Waals surface area contributed by atoms with Crippen molar-refractivity contribution in [3.8, 4) is 0 Å². The SMILES string of the molecule is C/C(C=O)=C\C(C)C=O. The monoisotopic (exact) mass is 126 g/mol. The average Bonchev–Trinajstić information content (AvgIpc) is 1.87. The van der Waals surface area contributed by atoms with E-state index < -0.39 is 0 Å². The Kier molecular flexibility index (Phi) is 3.60. The van der Waals surface area contributed by atoms with Gasteiger partial charge in [-0.15, -0.1) is 0 Å². The predicted octanol–water partition coefficient (Wildman–Crippen LogP) is 0.967. The maximum absolute atomic E-state index is 10.00. The fourth-order valence-electron chi connectivity index (χ4n) is 0.493. The van der Waals surface area contributed by atoms with E-state index in [1.54, 1.807) is 19.9 Å². The summed E-state index contributed by atoms with van der Waals surface area (Å²) in [5, 5.41) is 0. The Bertz CT molecular complexity index is 136. The molecule has 0 radical (unpaired) electrons. The first kappa shape index (κ1) is 8.08. The molecule has 0 amide bonds. The Morgan fingerprint density at radius 1 is 1.44 bits per heavy atom. The van der Waals surface area contributed by atoms with E-state index in [4.69, 9.17) is 0 Å². The Labute approximate surface area is 54.6 Å². The third-order valence-corrected chi connectivity index (χ3v) is 0.926. The van der Waals surface area contributed by atoms with Crippen molar-refractivity contribution in [1.29, 1.82) is 0 Å². The van der Waals surface area contributed by atoms with E-state index in [0.29, 0.717) is 5.57 Å². The van der Waals surface area contributed by atoms with Gasteiger partial charge in [-0.1, -0.05) is 13.0 Å². The van der Waals surface area contributed by atoms with Gasteiger partial charge in [-0.25, -0.2) is 0 Å². The number of hydrogen-bond acceptors (Lipinski definition) is 2. The molecule has 0 aromatic heterocycles. The maximum atomic E-state index is 10.00. The molecule has 0 spiro atoms. The van der Waals surface area contributed by atoms with E-state index in [1.165, 1.54) is 0 Å². The van der Waals surface area contributed by atoms with Gasteiger partial charge < -0.3 is 4.79 Å². The molecular weight excluding hydrogens is 116 g/mol. The molecule has 0 saturated carbocycles. The van der Waals surface area contributed by atoms with Crippen LogP contribution in [-0.2, 0) is 9.59 Å². The number of rotatable bonds is 3. The normalized spacial score (nSPS) is 14.7. The van der Waals surface area contributed by atoms with Crippen LogP contribution >= 0.6 is 0 Å². The fraction of sp³-hybridized carbons (Fsp3) is 0.429. The third-order valence-electron chi connectivity index (χ3n) is 0.926. The number of carbonyl (C=O) groups excluding carboxylic acids is 2. The molecule has 1 atom stereocenters. The number of aldehydes is 2. The fourth-order valence-corrected chi connectivity index (χ4v) is 0.493. The van der Waals surface area contributed by atoms with Crippen LogP contribution in [0.3, 0.4) is 0 Å². The molecular formula is C7H10O2. The van der Waals surface area contributed by atoms with E-state index in [9.17, 15) is 9.59 Å². The second-order valence-electron chi connectivity index (χ2n) is 2.02. The molecule has 2 heteroatoms. The highest BCUT2D eigenvalue weighted by Crippen LogP contribution is 1.95. The van der Waals surface area contributed by atoms with Crippen LogP contribution in [-0.4, -0.2) is 12.6 Å². The molecule has 2 nitrogen and oxygen atoms in total. The van der Waals surface area contributed by atoms with E-state index >= 15 is 0 Å². The summed E-state index contributed by atoms with van der Waals surface area (Å²) in [5.41, 5.74) is 0.606. The highest BCUT2D eigenvalue weighted by Gasteiger charge is 1.92. The molecule has 0 heterocycles. The van der Waals surface area contributed by atoms with Gasteiger partial charge in [0.25, 0.3) is 0 Å². The van der Waals surface area contributed by atoms with Gasteiger partial charge in [-0.05, 0) is 12.5 Å². The average molecular weight is 126 g/mol. The topological polar surface area (TPSA) is 34.1 Å². The highest BCUT2D eigenvalue weighted by atomic mass is 16.1. The summed E-state index contributed by atoms with van der Waals surface area (Å²) in [6, 6.07) is 0. The van der Waals surface area contributed by atoms with Gasteiger partial charge >= 0.3 is 0 Å². The zero-order valence-electron chi connectivity index (χ0n) is 5.63. The van der Waals surface area contributed by atoms with Gasteiger partial charge in [0.05, 0.1) is 0 Å². The van der Waals surface area contributed by atoms with Crippen LogP contribution in [0.2, 0.25) is 0 Å². The summed E-state index contributed by atoms with van der Waals surface area (Å²) in [6.07, 6.45) is 3.16. The molecule has 0 fully saturated rings. The lowest BCUT2D eigenvalue weighted by Gasteiger charge is -1.91. The van der Waals surface area contributed by atoms with Gasteiger partial charge in [0.15, 0.2) is 0 Å². The van der Waals surface area contributed by atoms with Crippen molar-refractivity contribution in [3.63, 3.8) is 0 Å². The van der Waals surface area contributed by atoms with Crippen molar-refractivity contribution >= 4 is 12.6 Å². The second kappa shape index (κ2) is 4.01. The minimum absolute atomic E-state index is 0.143. The van der Waals surface area contributed by atoms with Crippen molar-refractivity contribution in [2.75, 3.05) is 0 Å². The summed E-state index contributed by atoms with van der Waals surface area (Å²) in [7, 11) is 0. The van der Waals surface area contributed by atoms with Crippen LogP contribution in [0.25, 0.3) is 0 Å². The Hall–Kier alpha value is -0.920. The molecule has 0 rings (SSSR count). The first-order chi connectivity index (χ1) is 4.20. The highest BCUT2D eigenvalue weighted by molar-refractivity contribution is 5.73. The minimum Gasteiger partial charge on any atom is -0.303 e. The van der Waals surface area contributed by atoms with Crippen LogP contribution in [0.5, 0.6) is 0 Å². The van der Waals surface area contributed by atoms with E-state index in [0.717, 1.165) is 12.6 Å². The summed E-state index contributed by atoms with van der Waals surface area (Å²) >= 11 is 0. The van der Waals surface area contributed by atoms with E-state index in [-0.39, 0.29) is 5.92 Å². The van der Waals surface area contributed by atoms with Crippen LogP contribution in [0.4, 0.5) is 0 Å². The van der Waals surface area contributed by atoms with Crippen molar-refractivity contribution < 1.29 is 9.59 Å². The largest absolute Gasteiger partial charge is 0.303 e. The van der Waals surface area contributed by atoms with Crippen molar-refractivity contribution in [1.82, 2.24) is 0 Å². The molecule has 0 bridgehead atoms. The van der Waals surface area contributed by atoms with Gasteiger partial charge in [0.1, 0.15) is 12.6 Å². The molecule has 0 N–H and O–H groups in total. The van der Waals surface area contributed by atoms with Gasteiger partial charge in [-0.3, -0.25) is 4.79 Å². The number of allylic oxidation sites excluding steroid dienone is 2. The zero-order chi connectivity index (χ0) is 7.28. The summed E-state index contributed by atoms with van der Waals surface area (Å²) in [4.78, 5) is 20.0. The summed E-state index contributed by atoms with van der Waals surface area (Å²) < 4.78 is 0. The smallest absolute Gasteiger partial charge is 0.145 e. The Morgan fingerprint density at radius 2 is 2.00 bits per heavy atom. The molecule has 0 saturated heterocycles. The second-order valence-corrected chi connectivity index (χ2v) is 2.02. The first-order valence-corrected chi connectivity index (χ1v) is 2.79. The van der Waals surface area contributed by atoms with Gasteiger partial charge in [0.2, 0.25) is 0 Å². The summed E-state index contributed by atoms with van der Waals surface area (Å²) in [6.45, 7) is 3.41. The maximum Gasteiger partial charge on any atom is 0.145 e. The molecule has 1 unspecified atom stereocenters. The minimum atomic E-state index is -0.143. The lowest BCUT2D eigenvalue weighted by atomic mass is 10.1. The third kappa shape index (κ3) is 3.64. The standard InChI is InChI=1S/C7H10O2/c1-6(4-8)3-7(2)5-9/h3-6H,1-2H3/b7-3+.